The largest absolute Gasteiger partial charge is 0.508 e. The highest BCUT2D eigenvalue weighted by Crippen LogP contribution is 2.30. The number of unbranched alkanes of at least 4 members (excludes halogenated alkanes) is 1. The van der Waals surface area contributed by atoms with Crippen LogP contribution in [-0.2, 0) is 0 Å². The summed E-state index contributed by atoms with van der Waals surface area (Å²) in [7, 11) is 2.02. The van der Waals surface area contributed by atoms with Crippen molar-refractivity contribution in [1.82, 2.24) is 4.90 Å². The lowest BCUT2D eigenvalue weighted by Gasteiger charge is -2.27. The van der Waals surface area contributed by atoms with Gasteiger partial charge in [-0.15, -0.1) is 0 Å². The normalized spacial score (nSPS) is 13.0. The number of aromatic hydroxyl groups is 1. The molecule has 0 fully saturated rings. The summed E-state index contributed by atoms with van der Waals surface area (Å²) in [5.41, 5.74) is 6.60. The Bertz CT molecular complexity index is 357. The molecule has 3 nitrogen and oxygen atoms in total. The first kappa shape index (κ1) is 14.3. The summed E-state index contributed by atoms with van der Waals surface area (Å²) in [6.07, 6.45) is 2.26. The fourth-order valence-corrected chi connectivity index (χ4v) is 2.08. The fraction of sp³-hybridized carbons (Fsp3) is 0.538. The Hall–Kier alpha value is -0.770. The van der Waals surface area contributed by atoms with Crippen molar-refractivity contribution in [2.75, 3.05) is 20.1 Å². The molecule has 0 aliphatic heterocycles. The molecule has 4 heteroatoms. The zero-order valence-corrected chi connectivity index (χ0v) is 11.2. The molecule has 0 heterocycles. The first-order valence-corrected chi connectivity index (χ1v) is 6.36. The lowest BCUT2D eigenvalue weighted by molar-refractivity contribution is 0.242. The van der Waals surface area contributed by atoms with Gasteiger partial charge in [0.2, 0.25) is 0 Å². The quantitative estimate of drug-likeness (QED) is 0.823. The van der Waals surface area contributed by atoms with Crippen LogP contribution in [0.3, 0.4) is 0 Å². The standard InChI is InChI=1S/C13H21ClN2O/c1-3-4-7-16(2)12(9-15)11-8-10(14)5-6-13(11)17/h5-6,8,12,17H,3-4,7,9,15H2,1-2H3. The maximum atomic E-state index is 9.87. The zero-order valence-electron chi connectivity index (χ0n) is 10.5. The first-order valence-electron chi connectivity index (χ1n) is 5.98. The molecule has 1 unspecified atom stereocenters. The Labute approximate surface area is 108 Å². The molecule has 0 aromatic heterocycles. The second-order valence-electron chi connectivity index (χ2n) is 4.29. The molecule has 0 saturated heterocycles. The Kier molecular flexibility index (Phi) is 5.75. The first-order chi connectivity index (χ1) is 8.10. The topological polar surface area (TPSA) is 49.5 Å². The molecule has 96 valence electrons. The van der Waals surface area contributed by atoms with E-state index in [1.807, 2.05) is 7.05 Å². The van der Waals surface area contributed by atoms with E-state index in [1.54, 1.807) is 18.2 Å². The summed E-state index contributed by atoms with van der Waals surface area (Å²) in [6.45, 7) is 3.58. The maximum Gasteiger partial charge on any atom is 0.120 e. The van der Waals surface area contributed by atoms with Crippen LogP contribution < -0.4 is 5.73 Å². The number of phenols is 1. The molecular formula is C13H21ClN2O. The molecule has 0 aliphatic carbocycles. The molecule has 1 rings (SSSR count). The van der Waals surface area contributed by atoms with Gasteiger partial charge in [0.15, 0.2) is 0 Å². The van der Waals surface area contributed by atoms with Crippen molar-refractivity contribution in [2.24, 2.45) is 5.73 Å². The minimum atomic E-state index is 0.0141. The highest BCUT2D eigenvalue weighted by Gasteiger charge is 2.18. The smallest absolute Gasteiger partial charge is 0.120 e. The average molecular weight is 257 g/mol. The highest BCUT2D eigenvalue weighted by molar-refractivity contribution is 6.30. The van der Waals surface area contributed by atoms with Crippen LogP contribution in [0, 0.1) is 0 Å². The van der Waals surface area contributed by atoms with Gasteiger partial charge in [-0.25, -0.2) is 0 Å². The van der Waals surface area contributed by atoms with E-state index in [2.05, 4.69) is 11.8 Å². The van der Waals surface area contributed by atoms with Gasteiger partial charge in [-0.2, -0.15) is 0 Å². The molecule has 1 aromatic rings. The molecule has 0 aliphatic rings. The summed E-state index contributed by atoms with van der Waals surface area (Å²) in [5, 5.41) is 10.5. The van der Waals surface area contributed by atoms with Gasteiger partial charge < -0.3 is 10.8 Å². The Morgan fingerprint density at radius 2 is 2.18 bits per heavy atom. The minimum Gasteiger partial charge on any atom is -0.508 e. The number of nitrogens with two attached hydrogens (primary N) is 1. The molecule has 3 N–H and O–H groups in total. The monoisotopic (exact) mass is 256 g/mol. The summed E-state index contributed by atoms with van der Waals surface area (Å²) in [6, 6.07) is 5.10. The number of halogens is 1. The minimum absolute atomic E-state index is 0.0141. The van der Waals surface area contributed by atoms with E-state index in [0.717, 1.165) is 24.9 Å². The van der Waals surface area contributed by atoms with E-state index < -0.39 is 0 Å². The van der Waals surface area contributed by atoms with Crippen LogP contribution in [0.2, 0.25) is 5.02 Å². The summed E-state index contributed by atoms with van der Waals surface area (Å²) >= 11 is 5.96. The van der Waals surface area contributed by atoms with Gasteiger partial charge in [0, 0.05) is 17.1 Å². The van der Waals surface area contributed by atoms with Crippen LogP contribution in [0.15, 0.2) is 18.2 Å². The van der Waals surface area contributed by atoms with Gasteiger partial charge in [0.05, 0.1) is 6.04 Å². The van der Waals surface area contributed by atoms with Crippen LogP contribution in [0.25, 0.3) is 0 Å². The number of hydrogen-bond acceptors (Lipinski definition) is 3. The number of rotatable bonds is 6. The van der Waals surface area contributed by atoms with E-state index in [-0.39, 0.29) is 11.8 Å². The molecule has 0 spiro atoms. The van der Waals surface area contributed by atoms with Gasteiger partial charge in [0.1, 0.15) is 5.75 Å². The molecule has 0 radical (unpaired) electrons. The predicted molar refractivity (Wildman–Crippen MR) is 72.5 cm³/mol. The SMILES string of the molecule is CCCCN(C)C(CN)c1cc(Cl)ccc1O. The third kappa shape index (κ3) is 3.87. The lowest BCUT2D eigenvalue weighted by atomic mass is 10.0. The number of phenolic OH excluding ortho intramolecular Hbond substituents is 1. The van der Waals surface area contributed by atoms with Gasteiger partial charge in [-0.1, -0.05) is 24.9 Å². The van der Waals surface area contributed by atoms with Gasteiger partial charge in [0.25, 0.3) is 0 Å². The molecule has 1 aromatic carbocycles. The van der Waals surface area contributed by atoms with Crippen molar-refractivity contribution >= 4 is 11.6 Å². The van der Waals surface area contributed by atoms with Crippen molar-refractivity contribution in [3.8, 4) is 5.75 Å². The molecule has 17 heavy (non-hydrogen) atoms. The predicted octanol–water partition coefficient (Wildman–Crippen LogP) is 2.78. The van der Waals surface area contributed by atoms with Crippen molar-refractivity contribution in [3.63, 3.8) is 0 Å². The van der Waals surface area contributed by atoms with Crippen LogP contribution in [-0.4, -0.2) is 30.1 Å². The highest BCUT2D eigenvalue weighted by atomic mass is 35.5. The molecular weight excluding hydrogens is 236 g/mol. The van der Waals surface area contributed by atoms with Crippen molar-refractivity contribution in [1.29, 1.82) is 0 Å². The summed E-state index contributed by atoms with van der Waals surface area (Å²) < 4.78 is 0. The molecule has 0 amide bonds. The Morgan fingerprint density at radius 1 is 1.47 bits per heavy atom. The second kappa shape index (κ2) is 6.84. The third-order valence-corrected chi connectivity index (χ3v) is 3.20. The van der Waals surface area contributed by atoms with Crippen LogP contribution in [0.5, 0.6) is 5.75 Å². The number of nitrogens with zero attached hydrogens (tertiary/aromatic N) is 1. The Morgan fingerprint density at radius 3 is 2.76 bits per heavy atom. The van der Waals surface area contributed by atoms with E-state index >= 15 is 0 Å². The van der Waals surface area contributed by atoms with Crippen molar-refractivity contribution in [2.45, 2.75) is 25.8 Å². The summed E-state index contributed by atoms with van der Waals surface area (Å²) in [5.74, 6) is 0.258. The summed E-state index contributed by atoms with van der Waals surface area (Å²) in [4.78, 5) is 2.16. The lowest BCUT2D eigenvalue weighted by Crippen LogP contribution is -2.31. The van der Waals surface area contributed by atoms with E-state index in [1.165, 1.54) is 0 Å². The maximum absolute atomic E-state index is 9.87. The van der Waals surface area contributed by atoms with Gasteiger partial charge >= 0.3 is 0 Å². The fourth-order valence-electron chi connectivity index (χ4n) is 1.90. The Balaban J connectivity index is 2.88. The van der Waals surface area contributed by atoms with Gasteiger partial charge in [-0.05, 0) is 38.2 Å². The van der Waals surface area contributed by atoms with Crippen molar-refractivity contribution < 1.29 is 5.11 Å². The van der Waals surface area contributed by atoms with Crippen LogP contribution in [0.1, 0.15) is 31.4 Å². The van der Waals surface area contributed by atoms with Gasteiger partial charge in [-0.3, -0.25) is 4.90 Å². The third-order valence-electron chi connectivity index (χ3n) is 2.97. The van der Waals surface area contributed by atoms with Crippen LogP contribution >= 0.6 is 11.6 Å². The molecule has 0 bridgehead atoms. The van der Waals surface area contributed by atoms with Crippen molar-refractivity contribution in [3.05, 3.63) is 28.8 Å². The molecule has 1 atom stereocenters. The average Bonchev–Trinajstić information content (AvgIpc) is 2.32. The molecule has 0 saturated carbocycles. The number of benzene rings is 1. The van der Waals surface area contributed by atoms with E-state index in [9.17, 15) is 5.11 Å². The van der Waals surface area contributed by atoms with Crippen LogP contribution in [0.4, 0.5) is 0 Å². The van der Waals surface area contributed by atoms with E-state index in [4.69, 9.17) is 17.3 Å². The van der Waals surface area contributed by atoms with E-state index in [0.29, 0.717) is 11.6 Å². The number of likely N-dealkylation sites (N-methyl/N-ethyl adjacent to an activating group) is 1. The zero-order chi connectivity index (χ0) is 12.8. The second-order valence-corrected chi connectivity index (χ2v) is 4.73. The number of hydrogen-bond donors (Lipinski definition) is 2.